The SMILES string of the molecule is NC(=NCc1nnc2n1CCCCC2)NCCc1ccccc1. The fourth-order valence-corrected chi connectivity index (χ4v) is 2.85. The second-order valence-corrected chi connectivity index (χ2v) is 5.86. The van der Waals surface area contributed by atoms with Crippen LogP contribution in [0.15, 0.2) is 35.3 Å². The molecule has 0 unspecified atom stereocenters. The first kappa shape index (κ1) is 15.5. The number of nitrogens with zero attached hydrogens (tertiary/aromatic N) is 4. The highest BCUT2D eigenvalue weighted by atomic mass is 15.3. The third-order valence-electron chi connectivity index (χ3n) is 4.14. The molecule has 23 heavy (non-hydrogen) atoms. The molecule has 1 aromatic heterocycles. The Hall–Kier alpha value is -2.37. The number of hydrogen-bond acceptors (Lipinski definition) is 3. The van der Waals surface area contributed by atoms with E-state index in [0.717, 1.165) is 37.6 Å². The largest absolute Gasteiger partial charge is 0.370 e. The maximum Gasteiger partial charge on any atom is 0.189 e. The Morgan fingerprint density at radius 1 is 1.17 bits per heavy atom. The fourth-order valence-electron chi connectivity index (χ4n) is 2.85. The molecule has 2 heterocycles. The van der Waals surface area contributed by atoms with E-state index in [1.54, 1.807) is 0 Å². The molecular formula is C17H24N6. The lowest BCUT2D eigenvalue weighted by atomic mass is 10.1. The van der Waals surface area contributed by atoms with Gasteiger partial charge in [0.25, 0.3) is 0 Å². The van der Waals surface area contributed by atoms with Crippen LogP contribution in [0.2, 0.25) is 0 Å². The summed E-state index contributed by atoms with van der Waals surface area (Å²) in [6, 6.07) is 10.3. The van der Waals surface area contributed by atoms with Crippen LogP contribution in [-0.4, -0.2) is 27.3 Å². The van der Waals surface area contributed by atoms with Gasteiger partial charge < -0.3 is 15.6 Å². The molecule has 0 spiro atoms. The van der Waals surface area contributed by atoms with Gasteiger partial charge in [-0.3, -0.25) is 0 Å². The third-order valence-corrected chi connectivity index (χ3v) is 4.14. The first-order chi connectivity index (χ1) is 11.3. The van der Waals surface area contributed by atoms with Crippen LogP contribution < -0.4 is 11.1 Å². The van der Waals surface area contributed by atoms with Crippen LogP contribution in [0, 0.1) is 0 Å². The molecular weight excluding hydrogens is 288 g/mol. The second kappa shape index (κ2) is 7.76. The van der Waals surface area contributed by atoms with Gasteiger partial charge >= 0.3 is 0 Å². The Morgan fingerprint density at radius 3 is 2.91 bits per heavy atom. The van der Waals surface area contributed by atoms with Crippen molar-refractivity contribution in [3.05, 3.63) is 47.5 Å². The zero-order chi connectivity index (χ0) is 15.9. The van der Waals surface area contributed by atoms with Crippen molar-refractivity contribution in [3.8, 4) is 0 Å². The molecule has 6 nitrogen and oxygen atoms in total. The van der Waals surface area contributed by atoms with Crippen molar-refractivity contribution < 1.29 is 0 Å². The quantitative estimate of drug-likeness (QED) is 0.650. The van der Waals surface area contributed by atoms with Crippen LogP contribution in [-0.2, 0) is 25.9 Å². The Morgan fingerprint density at radius 2 is 2.04 bits per heavy atom. The molecule has 0 radical (unpaired) electrons. The Kier molecular flexibility index (Phi) is 5.24. The lowest BCUT2D eigenvalue weighted by molar-refractivity contribution is 0.606. The van der Waals surface area contributed by atoms with Crippen LogP contribution in [0.3, 0.4) is 0 Å². The number of rotatable bonds is 5. The van der Waals surface area contributed by atoms with Crippen LogP contribution in [0.1, 0.15) is 36.5 Å². The van der Waals surface area contributed by atoms with E-state index >= 15 is 0 Å². The fraction of sp³-hybridized carbons (Fsp3) is 0.471. The summed E-state index contributed by atoms with van der Waals surface area (Å²) in [5.74, 6) is 2.46. The van der Waals surface area contributed by atoms with E-state index < -0.39 is 0 Å². The van der Waals surface area contributed by atoms with E-state index in [9.17, 15) is 0 Å². The van der Waals surface area contributed by atoms with Gasteiger partial charge in [0, 0.05) is 19.5 Å². The van der Waals surface area contributed by atoms with Gasteiger partial charge in [0.05, 0.1) is 0 Å². The third kappa shape index (κ3) is 4.31. The molecule has 1 aliphatic heterocycles. The smallest absolute Gasteiger partial charge is 0.189 e. The molecule has 6 heteroatoms. The number of benzene rings is 1. The summed E-state index contributed by atoms with van der Waals surface area (Å²) in [7, 11) is 0. The van der Waals surface area contributed by atoms with E-state index in [4.69, 9.17) is 5.73 Å². The zero-order valence-electron chi connectivity index (χ0n) is 13.4. The molecule has 0 fully saturated rings. The minimum Gasteiger partial charge on any atom is -0.370 e. The standard InChI is InChI=1S/C17H24N6/c18-17(19-11-10-14-7-3-1-4-8-14)20-13-16-22-21-15-9-5-2-6-12-23(15)16/h1,3-4,7-8H,2,5-6,9-13H2,(H3,18,19,20). The van der Waals surface area contributed by atoms with Gasteiger partial charge in [0.2, 0.25) is 0 Å². The van der Waals surface area contributed by atoms with Gasteiger partial charge in [-0.2, -0.15) is 0 Å². The first-order valence-corrected chi connectivity index (χ1v) is 8.31. The van der Waals surface area contributed by atoms with Crippen molar-refractivity contribution in [2.75, 3.05) is 6.54 Å². The molecule has 1 aromatic carbocycles. The Labute approximate surface area is 136 Å². The van der Waals surface area contributed by atoms with Crippen molar-refractivity contribution in [2.45, 2.75) is 45.2 Å². The van der Waals surface area contributed by atoms with E-state index in [-0.39, 0.29) is 0 Å². The van der Waals surface area contributed by atoms with Crippen molar-refractivity contribution in [1.29, 1.82) is 0 Å². The van der Waals surface area contributed by atoms with Crippen molar-refractivity contribution in [2.24, 2.45) is 10.7 Å². The highest BCUT2D eigenvalue weighted by Gasteiger charge is 2.13. The molecule has 3 rings (SSSR count). The number of aryl methyl sites for hydroxylation is 1. The van der Waals surface area contributed by atoms with E-state index in [1.165, 1.54) is 24.8 Å². The highest BCUT2D eigenvalue weighted by molar-refractivity contribution is 5.77. The number of nitrogens with one attached hydrogen (secondary N) is 1. The predicted molar refractivity (Wildman–Crippen MR) is 91.1 cm³/mol. The van der Waals surface area contributed by atoms with Crippen LogP contribution in [0.5, 0.6) is 0 Å². The number of aromatic nitrogens is 3. The number of nitrogens with two attached hydrogens (primary N) is 1. The molecule has 122 valence electrons. The van der Waals surface area contributed by atoms with Crippen LogP contribution in [0.4, 0.5) is 0 Å². The normalized spacial score (nSPS) is 15.0. The lowest BCUT2D eigenvalue weighted by Crippen LogP contribution is -2.33. The monoisotopic (exact) mass is 312 g/mol. The van der Waals surface area contributed by atoms with E-state index in [0.29, 0.717) is 12.5 Å². The lowest BCUT2D eigenvalue weighted by Gasteiger charge is -2.07. The average molecular weight is 312 g/mol. The minimum absolute atomic E-state index is 0.465. The molecule has 0 atom stereocenters. The van der Waals surface area contributed by atoms with E-state index in [2.05, 4.69) is 37.2 Å². The average Bonchev–Trinajstić information content (AvgIpc) is 2.80. The maximum absolute atomic E-state index is 5.94. The summed E-state index contributed by atoms with van der Waals surface area (Å²) in [5, 5.41) is 11.7. The zero-order valence-corrected chi connectivity index (χ0v) is 13.4. The summed E-state index contributed by atoms with van der Waals surface area (Å²) in [6.45, 7) is 2.25. The minimum atomic E-state index is 0.465. The summed E-state index contributed by atoms with van der Waals surface area (Å²) < 4.78 is 2.20. The molecule has 0 saturated heterocycles. The van der Waals surface area contributed by atoms with Gasteiger partial charge in [-0.25, -0.2) is 4.99 Å². The number of hydrogen-bond donors (Lipinski definition) is 2. The first-order valence-electron chi connectivity index (χ1n) is 8.31. The van der Waals surface area contributed by atoms with Gasteiger partial charge in [0.1, 0.15) is 12.4 Å². The van der Waals surface area contributed by atoms with Crippen molar-refractivity contribution in [3.63, 3.8) is 0 Å². The molecule has 1 aliphatic rings. The summed E-state index contributed by atoms with van der Waals surface area (Å²) in [6.07, 6.45) is 5.59. The highest BCUT2D eigenvalue weighted by Crippen LogP contribution is 2.14. The topological polar surface area (TPSA) is 81.1 Å². The number of fused-ring (bicyclic) bond motifs is 1. The predicted octanol–water partition coefficient (Wildman–Crippen LogP) is 1.65. The molecule has 0 amide bonds. The van der Waals surface area contributed by atoms with Crippen LogP contribution >= 0.6 is 0 Å². The number of guanidine groups is 1. The van der Waals surface area contributed by atoms with Gasteiger partial charge in [-0.05, 0) is 24.8 Å². The molecule has 2 aromatic rings. The molecule has 0 saturated carbocycles. The van der Waals surface area contributed by atoms with Crippen molar-refractivity contribution in [1.82, 2.24) is 20.1 Å². The van der Waals surface area contributed by atoms with Gasteiger partial charge in [-0.15, -0.1) is 10.2 Å². The maximum atomic E-state index is 5.94. The van der Waals surface area contributed by atoms with Gasteiger partial charge in [-0.1, -0.05) is 36.8 Å². The summed E-state index contributed by atoms with van der Waals surface area (Å²) in [5.41, 5.74) is 7.23. The van der Waals surface area contributed by atoms with Crippen molar-refractivity contribution >= 4 is 5.96 Å². The summed E-state index contributed by atoms with van der Waals surface area (Å²) in [4.78, 5) is 4.40. The molecule has 0 aliphatic carbocycles. The Balaban J connectivity index is 1.50. The van der Waals surface area contributed by atoms with Gasteiger partial charge in [0.15, 0.2) is 11.8 Å². The molecule has 3 N–H and O–H groups in total. The van der Waals surface area contributed by atoms with E-state index in [1.807, 2.05) is 18.2 Å². The second-order valence-electron chi connectivity index (χ2n) is 5.86. The molecule has 0 bridgehead atoms. The summed E-state index contributed by atoms with van der Waals surface area (Å²) >= 11 is 0. The number of aliphatic imine (C=N–C) groups is 1. The Bertz CT molecular complexity index is 646. The van der Waals surface area contributed by atoms with Crippen LogP contribution in [0.25, 0.3) is 0 Å².